The Bertz CT molecular complexity index is 234. The Morgan fingerprint density at radius 3 is 2.21 bits per heavy atom. The Balaban J connectivity index is 4.64. The first-order valence-electron chi connectivity index (χ1n) is 4.59. The summed E-state index contributed by atoms with van der Waals surface area (Å²) in [5.74, 6) is 0.179. The number of rotatable bonds is 3. The molecule has 0 amide bonds. The van der Waals surface area contributed by atoms with Crippen molar-refractivity contribution in [1.29, 1.82) is 0 Å². The minimum atomic E-state index is -0.297. The number of hydrogen-bond acceptors (Lipinski definition) is 3. The van der Waals surface area contributed by atoms with Gasteiger partial charge in [0.05, 0.1) is 5.54 Å². The third kappa shape index (κ3) is 5.27. The van der Waals surface area contributed by atoms with Crippen LogP contribution in [0.5, 0.6) is 0 Å². The summed E-state index contributed by atoms with van der Waals surface area (Å²) in [5, 5.41) is 0.955. The third-order valence-electron chi connectivity index (χ3n) is 1.65. The van der Waals surface area contributed by atoms with Crippen molar-refractivity contribution in [2.45, 2.75) is 32.7 Å². The molecular weight excluding hydrogens is 196 g/mol. The Hall–Kier alpha value is -0.510. The van der Waals surface area contributed by atoms with Crippen LogP contribution in [0.4, 0.5) is 0 Å². The second-order valence-electron chi connectivity index (χ2n) is 4.18. The topological polar surface area (TPSA) is 32.7 Å². The maximum absolute atomic E-state index is 11.0. The monoisotopic (exact) mass is 216 g/mol. The number of amidine groups is 1. The molecule has 14 heavy (non-hydrogen) atoms. The van der Waals surface area contributed by atoms with E-state index in [0.29, 0.717) is 6.42 Å². The number of hydrogen-bond donors (Lipinski definition) is 0. The van der Waals surface area contributed by atoms with Gasteiger partial charge in [0.15, 0.2) is 5.17 Å². The van der Waals surface area contributed by atoms with E-state index in [1.54, 1.807) is 18.7 Å². The minimum absolute atomic E-state index is 0.179. The Labute approximate surface area is 91.0 Å². The van der Waals surface area contributed by atoms with Gasteiger partial charge in [-0.3, -0.25) is 9.79 Å². The molecule has 0 rings (SSSR count). The molecule has 0 aromatic rings. The van der Waals surface area contributed by atoms with Gasteiger partial charge in [0.1, 0.15) is 5.78 Å². The highest BCUT2D eigenvalue weighted by molar-refractivity contribution is 8.13. The van der Waals surface area contributed by atoms with Crippen LogP contribution in [0.2, 0.25) is 0 Å². The summed E-state index contributed by atoms with van der Waals surface area (Å²) in [6, 6.07) is 0. The maximum Gasteiger partial charge on any atom is 0.158 e. The number of nitrogens with zero attached hydrogens (tertiary/aromatic N) is 2. The summed E-state index contributed by atoms with van der Waals surface area (Å²) < 4.78 is 0. The van der Waals surface area contributed by atoms with Gasteiger partial charge in [-0.15, -0.1) is 0 Å². The second kappa shape index (κ2) is 5.39. The number of thioether (sulfide) groups is 1. The van der Waals surface area contributed by atoms with Crippen LogP contribution in [-0.2, 0) is 4.79 Å². The predicted molar refractivity (Wildman–Crippen MR) is 64.0 cm³/mol. The van der Waals surface area contributed by atoms with Crippen molar-refractivity contribution in [3.05, 3.63) is 0 Å². The lowest BCUT2D eigenvalue weighted by Gasteiger charge is -2.22. The molecule has 0 saturated carbocycles. The van der Waals surface area contributed by atoms with Gasteiger partial charge in [-0.1, -0.05) is 11.8 Å². The molecule has 0 fully saturated rings. The first-order valence-corrected chi connectivity index (χ1v) is 5.81. The molecule has 4 heteroatoms. The smallest absolute Gasteiger partial charge is 0.158 e. The predicted octanol–water partition coefficient (Wildman–Crippen LogP) is 2.02. The van der Waals surface area contributed by atoms with E-state index < -0.39 is 0 Å². The van der Waals surface area contributed by atoms with Crippen LogP contribution in [0.15, 0.2) is 4.99 Å². The number of ketones is 1. The molecular formula is C10H20N2OS. The molecule has 0 aromatic carbocycles. The van der Waals surface area contributed by atoms with E-state index in [0.717, 1.165) is 5.17 Å². The van der Waals surface area contributed by atoms with Crippen molar-refractivity contribution in [3.8, 4) is 0 Å². The van der Waals surface area contributed by atoms with Crippen molar-refractivity contribution in [1.82, 2.24) is 4.90 Å². The zero-order valence-corrected chi connectivity index (χ0v) is 10.7. The highest BCUT2D eigenvalue weighted by Gasteiger charge is 2.20. The normalized spacial score (nSPS) is 12.9. The summed E-state index contributed by atoms with van der Waals surface area (Å²) in [6.45, 7) is 5.56. The molecule has 0 N–H and O–H groups in total. The third-order valence-corrected chi connectivity index (χ3v) is 2.47. The van der Waals surface area contributed by atoms with E-state index in [1.807, 2.05) is 39.1 Å². The van der Waals surface area contributed by atoms with Crippen LogP contribution < -0.4 is 0 Å². The largest absolute Gasteiger partial charge is 0.358 e. The number of carbonyl (C=O) groups is 1. The van der Waals surface area contributed by atoms with Crippen LogP contribution >= 0.6 is 11.8 Å². The van der Waals surface area contributed by atoms with E-state index in [1.165, 1.54) is 0 Å². The van der Waals surface area contributed by atoms with Crippen LogP contribution in [0.3, 0.4) is 0 Å². The molecule has 0 unspecified atom stereocenters. The fraction of sp³-hybridized carbons (Fsp3) is 0.800. The summed E-state index contributed by atoms with van der Waals surface area (Å²) in [4.78, 5) is 17.5. The molecule has 0 aliphatic heterocycles. The van der Waals surface area contributed by atoms with Gasteiger partial charge in [-0.25, -0.2) is 0 Å². The highest BCUT2D eigenvalue weighted by atomic mass is 32.2. The molecule has 0 bridgehead atoms. The number of carbonyl (C=O) groups excluding carboxylic acids is 1. The number of aliphatic imine (C=N–C) groups is 1. The van der Waals surface area contributed by atoms with Crippen molar-refractivity contribution in [2.75, 3.05) is 20.4 Å². The van der Waals surface area contributed by atoms with Crippen molar-refractivity contribution in [3.63, 3.8) is 0 Å². The standard InChI is InChI=1S/C10H20N2OS/c1-8(13)7-10(2,3)11-9(14-6)12(4)5/h7H2,1-6H3. The van der Waals surface area contributed by atoms with E-state index in [-0.39, 0.29) is 11.3 Å². The van der Waals surface area contributed by atoms with E-state index in [9.17, 15) is 4.79 Å². The lowest BCUT2D eigenvalue weighted by atomic mass is 9.99. The fourth-order valence-electron chi connectivity index (χ4n) is 1.24. The average molecular weight is 216 g/mol. The SMILES string of the molecule is CSC(=NC(C)(C)CC(C)=O)N(C)C. The lowest BCUT2D eigenvalue weighted by Crippen LogP contribution is -2.27. The van der Waals surface area contributed by atoms with Crippen LogP contribution in [0.1, 0.15) is 27.2 Å². The first-order chi connectivity index (χ1) is 6.28. The van der Waals surface area contributed by atoms with Gasteiger partial charge in [-0.2, -0.15) is 0 Å². The Morgan fingerprint density at radius 1 is 1.43 bits per heavy atom. The Morgan fingerprint density at radius 2 is 1.93 bits per heavy atom. The van der Waals surface area contributed by atoms with Crippen molar-refractivity contribution >= 4 is 22.7 Å². The van der Waals surface area contributed by atoms with Crippen molar-refractivity contribution < 1.29 is 4.79 Å². The van der Waals surface area contributed by atoms with Crippen LogP contribution in [0, 0.1) is 0 Å². The van der Waals surface area contributed by atoms with E-state index in [4.69, 9.17) is 0 Å². The van der Waals surface area contributed by atoms with Gasteiger partial charge in [0.2, 0.25) is 0 Å². The zero-order valence-electron chi connectivity index (χ0n) is 9.92. The van der Waals surface area contributed by atoms with Gasteiger partial charge >= 0.3 is 0 Å². The quantitative estimate of drug-likeness (QED) is 0.534. The second-order valence-corrected chi connectivity index (χ2v) is 4.96. The van der Waals surface area contributed by atoms with E-state index >= 15 is 0 Å². The van der Waals surface area contributed by atoms with Crippen LogP contribution in [0.25, 0.3) is 0 Å². The van der Waals surface area contributed by atoms with Crippen molar-refractivity contribution in [2.24, 2.45) is 4.99 Å². The molecule has 0 spiro atoms. The molecule has 0 heterocycles. The molecule has 0 aliphatic carbocycles. The zero-order chi connectivity index (χ0) is 11.4. The summed E-state index contributed by atoms with van der Waals surface area (Å²) >= 11 is 1.60. The van der Waals surface area contributed by atoms with Gasteiger partial charge < -0.3 is 4.90 Å². The van der Waals surface area contributed by atoms with Gasteiger partial charge in [-0.05, 0) is 27.0 Å². The van der Waals surface area contributed by atoms with E-state index in [2.05, 4.69) is 4.99 Å². The number of Topliss-reactive ketones (excluding diaryl/α,β-unsaturated/α-hetero) is 1. The fourth-order valence-corrected chi connectivity index (χ4v) is 1.94. The molecule has 3 nitrogen and oxygen atoms in total. The summed E-state index contributed by atoms with van der Waals surface area (Å²) in [7, 11) is 3.92. The first kappa shape index (κ1) is 13.5. The summed E-state index contributed by atoms with van der Waals surface area (Å²) in [5.41, 5.74) is -0.297. The van der Waals surface area contributed by atoms with Gasteiger partial charge in [0.25, 0.3) is 0 Å². The van der Waals surface area contributed by atoms with Crippen LogP contribution in [-0.4, -0.2) is 41.7 Å². The maximum atomic E-state index is 11.0. The molecule has 0 aliphatic rings. The minimum Gasteiger partial charge on any atom is -0.358 e. The molecule has 0 radical (unpaired) electrons. The average Bonchev–Trinajstić information content (AvgIpc) is 1.97. The Kier molecular flexibility index (Phi) is 5.19. The molecule has 82 valence electrons. The molecule has 0 aromatic heterocycles. The van der Waals surface area contributed by atoms with Gasteiger partial charge in [0, 0.05) is 20.5 Å². The lowest BCUT2D eigenvalue weighted by molar-refractivity contribution is -0.117. The highest BCUT2D eigenvalue weighted by Crippen LogP contribution is 2.17. The summed E-state index contributed by atoms with van der Waals surface area (Å²) in [6.07, 6.45) is 2.48. The molecule has 0 atom stereocenters. The molecule has 0 saturated heterocycles.